The molecular formula is C13H29N4O5S. The van der Waals surface area contributed by atoms with Crippen molar-refractivity contribution >= 4 is 16.2 Å². The van der Waals surface area contributed by atoms with E-state index in [0.29, 0.717) is 0 Å². The quantitative estimate of drug-likeness (QED) is 0.430. The molecule has 0 amide bonds. The van der Waals surface area contributed by atoms with Gasteiger partial charge in [0.15, 0.2) is 0 Å². The molecule has 0 atom stereocenters. The van der Waals surface area contributed by atoms with E-state index >= 15 is 0 Å². The SMILES string of the molecule is CC1(C)NC(=NCC[N+](C)(C)C)C(C)(C)N1[O].COS(=O)(=O)[O-]. The van der Waals surface area contributed by atoms with Crippen LogP contribution in [0.5, 0.6) is 0 Å². The molecule has 0 saturated carbocycles. The fourth-order valence-electron chi connectivity index (χ4n) is 1.98. The van der Waals surface area contributed by atoms with Crippen molar-refractivity contribution in [2.24, 2.45) is 4.99 Å². The highest BCUT2D eigenvalue weighted by Crippen LogP contribution is 2.29. The monoisotopic (exact) mass is 353 g/mol. The number of hydrogen-bond acceptors (Lipinski definition) is 6. The maximum atomic E-state index is 12.1. The Hall–Kier alpha value is -0.780. The third kappa shape index (κ3) is 7.55. The van der Waals surface area contributed by atoms with E-state index in [1.165, 1.54) is 0 Å². The molecular weight excluding hydrogens is 324 g/mol. The van der Waals surface area contributed by atoms with E-state index in [1.807, 2.05) is 27.7 Å². The van der Waals surface area contributed by atoms with Gasteiger partial charge >= 0.3 is 0 Å². The van der Waals surface area contributed by atoms with Gasteiger partial charge in [0.2, 0.25) is 10.4 Å². The smallest absolute Gasteiger partial charge is 0.217 e. The lowest BCUT2D eigenvalue weighted by atomic mass is 10.1. The molecule has 1 radical (unpaired) electrons. The second-order valence-electron chi connectivity index (χ2n) is 7.36. The molecule has 0 unspecified atom stereocenters. The number of nitrogens with one attached hydrogen (secondary N) is 1. The Bertz CT molecular complexity index is 523. The summed E-state index contributed by atoms with van der Waals surface area (Å²) in [4.78, 5) is 4.56. The first kappa shape index (κ1) is 22.2. The van der Waals surface area contributed by atoms with E-state index in [-0.39, 0.29) is 0 Å². The molecule has 23 heavy (non-hydrogen) atoms. The Morgan fingerprint density at radius 2 is 1.70 bits per heavy atom. The molecule has 9 nitrogen and oxygen atoms in total. The Morgan fingerprint density at radius 1 is 1.26 bits per heavy atom. The summed E-state index contributed by atoms with van der Waals surface area (Å²) in [7, 11) is 2.80. The van der Waals surface area contributed by atoms with Gasteiger partial charge in [-0.3, -0.25) is 9.18 Å². The van der Waals surface area contributed by atoms with Gasteiger partial charge in [-0.25, -0.2) is 8.42 Å². The van der Waals surface area contributed by atoms with Crippen LogP contribution in [0.15, 0.2) is 4.99 Å². The molecule has 0 spiro atoms. The predicted octanol–water partition coefficient (Wildman–Crippen LogP) is -0.0505. The van der Waals surface area contributed by atoms with Crippen molar-refractivity contribution in [2.45, 2.75) is 38.9 Å². The molecule has 137 valence electrons. The number of amidine groups is 1. The van der Waals surface area contributed by atoms with E-state index in [2.05, 4.69) is 35.6 Å². The standard InChI is InChI=1S/C12H26N4O.CH4O4S/c1-11(2)10(13-8-9-16(5,6)7)14-12(3,4)15(11)17;1-5-6(2,3)4/h8-9H2,1-7H3,(H,13,14);1H3,(H,2,3,4)/q+1;/p-1. The summed E-state index contributed by atoms with van der Waals surface area (Å²) < 4.78 is 31.9. The maximum absolute atomic E-state index is 12.1. The lowest BCUT2D eigenvalue weighted by Crippen LogP contribution is -2.48. The third-order valence-electron chi connectivity index (χ3n) is 3.26. The third-order valence-corrected chi connectivity index (χ3v) is 3.67. The average molecular weight is 353 g/mol. The minimum Gasteiger partial charge on any atom is -0.726 e. The highest BCUT2D eigenvalue weighted by molar-refractivity contribution is 7.80. The highest BCUT2D eigenvalue weighted by Gasteiger charge is 2.50. The number of likely N-dealkylation sites (N-methyl/N-ethyl adjacent to an activating group) is 1. The first-order chi connectivity index (χ1) is 10.0. The van der Waals surface area contributed by atoms with E-state index in [9.17, 15) is 18.2 Å². The summed E-state index contributed by atoms with van der Waals surface area (Å²) in [5.41, 5.74) is -1.13. The molecule has 0 aromatic rings. The van der Waals surface area contributed by atoms with Crippen molar-refractivity contribution in [2.75, 3.05) is 41.3 Å². The van der Waals surface area contributed by atoms with Gasteiger partial charge in [-0.15, -0.1) is 10.3 Å². The molecule has 1 N–H and O–H groups in total. The predicted molar refractivity (Wildman–Crippen MR) is 85.7 cm³/mol. The first-order valence-electron chi connectivity index (χ1n) is 7.15. The summed E-state index contributed by atoms with van der Waals surface area (Å²) in [5, 5.41) is 16.4. The van der Waals surface area contributed by atoms with Crippen LogP contribution in [0.25, 0.3) is 0 Å². The second-order valence-corrected chi connectivity index (χ2v) is 8.51. The van der Waals surface area contributed by atoms with Crippen LogP contribution in [0.3, 0.4) is 0 Å². The van der Waals surface area contributed by atoms with Crippen molar-refractivity contribution in [1.29, 1.82) is 0 Å². The summed E-state index contributed by atoms with van der Waals surface area (Å²) in [6.07, 6.45) is 0. The number of quaternary nitrogens is 1. The first-order valence-corrected chi connectivity index (χ1v) is 8.49. The number of nitrogens with zero attached hydrogens (tertiary/aromatic N) is 3. The van der Waals surface area contributed by atoms with Crippen LogP contribution in [0, 0.1) is 0 Å². The molecule has 1 aliphatic heterocycles. The zero-order valence-electron chi connectivity index (χ0n) is 15.2. The Labute approximate surface area is 139 Å². The van der Waals surface area contributed by atoms with Crippen LogP contribution in [0.2, 0.25) is 0 Å². The van der Waals surface area contributed by atoms with Crippen LogP contribution in [0.1, 0.15) is 27.7 Å². The largest absolute Gasteiger partial charge is 0.726 e. The van der Waals surface area contributed by atoms with Crippen molar-refractivity contribution in [1.82, 2.24) is 10.4 Å². The van der Waals surface area contributed by atoms with Gasteiger partial charge in [-0.05, 0) is 27.7 Å². The van der Waals surface area contributed by atoms with Crippen LogP contribution in [-0.2, 0) is 19.8 Å². The van der Waals surface area contributed by atoms with Gasteiger partial charge in [0.25, 0.3) is 0 Å². The summed E-state index contributed by atoms with van der Waals surface area (Å²) in [6, 6.07) is 0. The van der Waals surface area contributed by atoms with Crippen LogP contribution in [0.4, 0.5) is 0 Å². The molecule has 1 aliphatic rings. The Morgan fingerprint density at radius 3 is 1.96 bits per heavy atom. The summed E-state index contributed by atoms with van der Waals surface area (Å²) in [5.74, 6) is 0.797. The van der Waals surface area contributed by atoms with Crippen molar-refractivity contribution in [3.8, 4) is 0 Å². The van der Waals surface area contributed by atoms with Crippen LogP contribution < -0.4 is 5.32 Å². The van der Waals surface area contributed by atoms with E-state index in [1.54, 1.807) is 0 Å². The Kier molecular flexibility index (Phi) is 7.16. The number of hydrogen-bond donors (Lipinski definition) is 1. The summed E-state index contributed by atoms with van der Waals surface area (Å²) in [6.45, 7) is 9.27. The van der Waals surface area contributed by atoms with Crippen molar-refractivity contribution in [3.63, 3.8) is 0 Å². The van der Waals surface area contributed by atoms with E-state index in [4.69, 9.17) is 0 Å². The molecule has 0 aromatic carbocycles. The van der Waals surface area contributed by atoms with Gasteiger partial charge in [-0.1, -0.05) is 0 Å². The number of hydroxylamine groups is 2. The normalized spacial score (nSPS) is 22.4. The summed E-state index contributed by atoms with van der Waals surface area (Å²) >= 11 is 0. The molecule has 1 fully saturated rings. The maximum Gasteiger partial charge on any atom is 0.217 e. The van der Waals surface area contributed by atoms with Gasteiger partial charge in [0, 0.05) is 0 Å². The minimum atomic E-state index is -4.41. The van der Waals surface area contributed by atoms with E-state index < -0.39 is 21.6 Å². The molecule has 0 aliphatic carbocycles. The molecule has 0 aromatic heterocycles. The fraction of sp³-hybridized carbons (Fsp3) is 0.923. The van der Waals surface area contributed by atoms with Gasteiger partial charge in [0.05, 0.1) is 41.3 Å². The lowest BCUT2D eigenvalue weighted by Gasteiger charge is -2.28. The minimum absolute atomic E-state index is 0.561. The zero-order chi connectivity index (χ0) is 18.7. The molecule has 10 heteroatoms. The molecule has 1 heterocycles. The van der Waals surface area contributed by atoms with Gasteiger partial charge in [0.1, 0.15) is 17.0 Å². The van der Waals surface area contributed by atoms with Crippen LogP contribution in [-0.4, -0.2) is 80.9 Å². The Balaban J connectivity index is 0.000000688. The van der Waals surface area contributed by atoms with Crippen LogP contribution >= 0.6 is 0 Å². The second kappa shape index (κ2) is 7.41. The fourth-order valence-corrected chi connectivity index (χ4v) is 1.98. The zero-order valence-corrected chi connectivity index (χ0v) is 16.0. The highest BCUT2D eigenvalue weighted by atomic mass is 32.3. The van der Waals surface area contributed by atoms with E-state index in [0.717, 1.165) is 35.6 Å². The topological polar surface area (TPSA) is 114 Å². The molecule has 1 saturated heterocycles. The molecule has 0 bridgehead atoms. The molecule has 1 rings (SSSR count). The van der Waals surface area contributed by atoms with Gasteiger partial charge in [-0.2, -0.15) is 0 Å². The number of aliphatic imine (C=N–C) groups is 1. The van der Waals surface area contributed by atoms with Crippen molar-refractivity contribution in [3.05, 3.63) is 0 Å². The van der Waals surface area contributed by atoms with Gasteiger partial charge < -0.3 is 14.4 Å². The van der Waals surface area contributed by atoms with Crippen molar-refractivity contribution < 1.29 is 26.8 Å². The lowest BCUT2D eigenvalue weighted by molar-refractivity contribution is -0.868. The average Bonchev–Trinajstić information content (AvgIpc) is 2.48. The number of rotatable bonds is 4.